The van der Waals surface area contributed by atoms with E-state index in [-0.39, 0.29) is 11.8 Å². The van der Waals surface area contributed by atoms with E-state index in [4.69, 9.17) is 0 Å². The van der Waals surface area contributed by atoms with Gasteiger partial charge >= 0.3 is 0 Å². The molecule has 31 heavy (non-hydrogen) atoms. The molecule has 4 rings (SSSR count). The predicted octanol–water partition coefficient (Wildman–Crippen LogP) is 2.71. The summed E-state index contributed by atoms with van der Waals surface area (Å²) < 4.78 is 0. The summed E-state index contributed by atoms with van der Waals surface area (Å²) >= 11 is 0. The predicted molar refractivity (Wildman–Crippen MR) is 117 cm³/mol. The quantitative estimate of drug-likeness (QED) is 0.650. The number of aryl methyl sites for hydroxylation is 1. The zero-order valence-corrected chi connectivity index (χ0v) is 17.3. The number of hydrogen-bond donors (Lipinski definition) is 1. The normalized spacial score (nSPS) is 13.1. The minimum atomic E-state index is -0.156. The lowest BCUT2D eigenvalue weighted by molar-refractivity contribution is -0.116. The Morgan fingerprint density at radius 3 is 2.74 bits per heavy atom. The van der Waals surface area contributed by atoms with E-state index in [1.807, 2.05) is 43.5 Å². The van der Waals surface area contributed by atoms with Crippen molar-refractivity contribution in [2.45, 2.75) is 26.4 Å². The van der Waals surface area contributed by atoms with Gasteiger partial charge in [-0.15, -0.1) is 0 Å². The SMILES string of the molecule is Cc1ncc2c(c1CNC(=O)/C=C/c1ccccc1)CCN(C(=O)c1cnccn1)C2. The largest absolute Gasteiger partial charge is 0.348 e. The number of amides is 2. The summed E-state index contributed by atoms with van der Waals surface area (Å²) in [5.74, 6) is -0.295. The Kier molecular flexibility index (Phi) is 6.12. The first-order valence-corrected chi connectivity index (χ1v) is 10.1. The molecular weight excluding hydrogens is 390 g/mol. The molecular formula is C24H23N5O2. The van der Waals surface area contributed by atoms with Crippen LogP contribution in [-0.4, -0.2) is 38.2 Å². The lowest BCUT2D eigenvalue weighted by Gasteiger charge is -2.30. The Balaban J connectivity index is 1.44. The average Bonchev–Trinajstić information content (AvgIpc) is 2.82. The van der Waals surface area contributed by atoms with Crippen LogP contribution >= 0.6 is 0 Å². The fourth-order valence-corrected chi connectivity index (χ4v) is 3.67. The van der Waals surface area contributed by atoms with E-state index < -0.39 is 0 Å². The van der Waals surface area contributed by atoms with Crippen LogP contribution in [0.1, 0.15) is 38.4 Å². The zero-order chi connectivity index (χ0) is 21.6. The molecule has 3 heterocycles. The number of carbonyl (C=O) groups excluding carboxylic acids is 2. The molecule has 3 aromatic rings. The summed E-state index contributed by atoms with van der Waals surface area (Å²) in [7, 11) is 0. The van der Waals surface area contributed by atoms with Gasteiger partial charge in [0, 0.05) is 50.0 Å². The van der Waals surface area contributed by atoms with E-state index >= 15 is 0 Å². The van der Waals surface area contributed by atoms with Crippen molar-refractivity contribution in [2.75, 3.05) is 6.54 Å². The Bertz CT molecular complexity index is 1110. The smallest absolute Gasteiger partial charge is 0.274 e. The molecule has 1 aliphatic heterocycles. The minimum Gasteiger partial charge on any atom is -0.348 e. The van der Waals surface area contributed by atoms with Gasteiger partial charge in [-0.05, 0) is 41.7 Å². The topological polar surface area (TPSA) is 88.1 Å². The van der Waals surface area contributed by atoms with E-state index in [1.165, 1.54) is 18.5 Å². The summed E-state index contributed by atoms with van der Waals surface area (Å²) in [6.45, 7) is 3.39. The van der Waals surface area contributed by atoms with Crippen molar-refractivity contribution in [3.63, 3.8) is 0 Å². The van der Waals surface area contributed by atoms with Crippen LogP contribution in [0.5, 0.6) is 0 Å². The Morgan fingerprint density at radius 1 is 1.13 bits per heavy atom. The van der Waals surface area contributed by atoms with Crippen molar-refractivity contribution in [3.05, 3.63) is 94.8 Å². The summed E-state index contributed by atoms with van der Waals surface area (Å²) in [6.07, 6.45) is 10.4. The van der Waals surface area contributed by atoms with Gasteiger partial charge in [-0.1, -0.05) is 30.3 Å². The molecule has 2 aromatic heterocycles. The maximum atomic E-state index is 12.7. The van der Waals surface area contributed by atoms with Crippen molar-refractivity contribution in [3.8, 4) is 0 Å². The highest BCUT2D eigenvalue weighted by Gasteiger charge is 2.25. The molecule has 156 valence electrons. The number of nitrogens with one attached hydrogen (secondary N) is 1. The fraction of sp³-hybridized carbons (Fsp3) is 0.208. The number of fused-ring (bicyclic) bond motifs is 1. The standard InChI is InChI=1S/C24H23N5O2/c1-17-21(14-28-23(30)8-7-18-5-3-2-4-6-18)20-9-12-29(16-19(20)13-27-17)24(31)22-15-25-10-11-26-22/h2-8,10-11,13,15H,9,12,14,16H2,1H3,(H,28,30)/b8-7+. The zero-order valence-electron chi connectivity index (χ0n) is 17.3. The molecule has 0 fully saturated rings. The molecule has 0 spiro atoms. The first-order valence-electron chi connectivity index (χ1n) is 10.1. The first-order chi connectivity index (χ1) is 15.1. The van der Waals surface area contributed by atoms with Gasteiger partial charge in [-0.25, -0.2) is 4.98 Å². The van der Waals surface area contributed by atoms with E-state index in [9.17, 15) is 9.59 Å². The third-order valence-corrected chi connectivity index (χ3v) is 5.33. The van der Waals surface area contributed by atoms with Crippen LogP contribution in [0.2, 0.25) is 0 Å². The number of pyridine rings is 1. The van der Waals surface area contributed by atoms with Crippen LogP contribution in [0.15, 0.2) is 61.2 Å². The monoisotopic (exact) mass is 413 g/mol. The van der Waals surface area contributed by atoms with Crippen molar-refractivity contribution >= 4 is 17.9 Å². The molecule has 7 nitrogen and oxygen atoms in total. The van der Waals surface area contributed by atoms with Crippen molar-refractivity contribution in [2.24, 2.45) is 0 Å². The van der Waals surface area contributed by atoms with Gasteiger partial charge in [0.1, 0.15) is 5.69 Å². The van der Waals surface area contributed by atoms with Gasteiger partial charge in [-0.3, -0.25) is 19.6 Å². The molecule has 1 aliphatic rings. The molecule has 1 aromatic carbocycles. The van der Waals surface area contributed by atoms with Gasteiger partial charge in [0.25, 0.3) is 5.91 Å². The first kappa shape index (κ1) is 20.4. The van der Waals surface area contributed by atoms with Gasteiger partial charge in [0.05, 0.1) is 6.20 Å². The fourth-order valence-electron chi connectivity index (χ4n) is 3.67. The second-order valence-electron chi connectivity index (χ2n) is 7.36. The third-order valence-electron chi connectivity index (χ3n) is 5.33. The number of rotatable bonds is 5. The van der Waals surface area contributed by atoms with Crippen LogP contribution in [0, 0.1) is 6.92 Å². The number of benzene rings is 1. The molecule has 0 bridgehead atoms. The van der Waals surface area contributed by atoms with E-state index in [2.05, 4.69) is 20.3 Å². The van der Waals surface area contributed by atoms with E-state index in [0.717, 1.165) is 27.9 Å². The van der Waals surface area contributed by atoms with Crippen molar-refractivity contribution in [1.29, 1.82) is 0 Å². The summed E-state index contributed by atoms with van der Waals surface area (Å²) in [5.41, 5.74) is 5.37. The molecule has 0 radical (unpaired) electrons. The molecule has 0 saturated heterocycles. The van der Waals surface area contributed by atoms with Gasteiger partial charge < -0.3 is 10.2 Å². The maximum Gasteiger partial charge on any atom is 0.274 e. The number of hydrogen-bond acceptors (Lipinski definition) is 5. The summed E-state index contributed by atoms with van der Waals surface area (Å²) in [6, 6.07) is 9.69. The van der Waals surface area contributed by atoms with Crippen LogP contribution in [-0.2, 0) is 24.3 Å². The highest BCUT2D eigenvalue weighted by Crippen LogP contribution is 2.24. The van der Waals surface area contributed by atoms with Crippen LogP contribution in [0.4, 0.5) is 0 Å². The molecule has 0 unspecified atom stereocenters. The lowest BCUT2D eigenvalue weighted by Crippen LogP contribution is -2.37. The van der Waals surface area contributed by atoms with Gasteiger partial charge in [0.2, 0.25) is 5.91 Å². The number of nitrogens with zero attached hydrogens (tertiary/aromatic N) is 4. The van der Waals surface area contributed by atoms with Crippen LogP contribution < -0.4 is 5.32 Å². The lowest BCUT2D eigenvalue weighted by atomic mass is 9.94. The van der Waals surface area contributed by atoms with Crippen LogP contribution in [0.25, 0.3) is 6.08 Å². The number of carbonyl (C=O) groups is 2. The maximum absolute atomic E-state index is 12.7. The van der Waals surface area contributed by atoms with Gasteiger partial charge in [-0.2, -0.15) is 0 Å². The summed E-state index contributed by atoms with van der Waals surface area (Å²) in [4.78, 5) is 39.3. The highest BCUT2D eigenvalue weighted by molar-refractivity contribution is 5.92. The van der Waals surface area contributed by atoms with Crippen LogP contribution in [0.3, 0.4) is 0 Å². The Hall–Kier alpha value is -3.87. The molecule has 0 aliphatic carbocycles. The number of aromatic nitrogens is 3. The Morgan fingerprint density at radius 2 is 1.97 bits per heavy atom. The molecule has 1 N–H and O–H groups in total. The van der Waals surface area contributed by atoms with E-state index in [1.54, 1.807) is 17.2 Å². The molecule has 7 heteroatoms. The molecule has 0 atom stereocenters. The molecule has 0 saturated carbocycles. The van der Waals surface area contributed by atoms with E-state index in [0.29, 0.717) is 31.7 Å². The highest BCUT2D eigenvalue weighted by atomic mass is 16.2. The molecule has 2 amide bonds. The summed E-state index contributed by atoms with van der Waals surface area (Å²) in [5, 5.41) is 2.96. The Labute approximate surface area is 180 Å². The van der Waals surface area contributed by atoms with Gasteiger partial charge in [0.15, 0.2) is 0 Å². The van der Waals surface area contributed by atoms with Crippen molar-refractivity contribution < 1.29 is 9.59 Å². The third kappa shape index (κ3) is 4.83. The second-order valence-corrected chi connectivity index (χ2v) is 7.36. The van der Waals surface area contributed by atoms with Crippen molar-refractivity contribution in [1.82, 2.24) is 25.2 Å². The average molecular weight is 413 g/mol. The second kappa shape index (κ2) is 9.30. The minimum absolute atomic E-state index is 0.139.